The van der Waals surface area contributed by atoms with E-state index >= 15 is 0 Å². The zero-order valence-corrected chi connectivity index (χ0v) is 17.5. The van der Waals surface area contributed by atoms with E-state index in [4.69, 9.17) is 4.74 Å². The van der Waals surface area contributed by atoms with E-state index in [-0.39, 0.29) is 22.9 Å². The van der Waals surface area contributed by atoms with Gasteiger partial charge in [-0.3, -0.25) is 14.6 Å². The number of hydrogen-bond donors (Lipinski definition) is 3. The number of nitrogens with zero attached hydrogens (tertiary/aromatic N) is 3. The number of aromatic hydroxyl groups is 1. The third-order valence-corrected chi connectivity index (χ3v) is 5.98. The number of amides is 1. The first kappa shape index (κ1) is 20.7. The Labute approximate surface area is 179 Å². The van der Waals surface area contributed by atoms with Crippen LogP contribution in [0.15, 0.2) is 23.0 Å². The van der Waals surface area contributed by atoms with Gasteiger partial charge in [0.1, 0.15) is 11.7 Å². The van der Waals surface area contributed by atoms with E-state index in [1.54, 1.807) is 19.1 Å². The number of aromatic nitrogens is 2. The second-order valence-electron chi connectivity index (χ2n) is 8.06. The third kappa shape index (κ3) is 3.81. The van der Waals surface area contributed by atoms with Crippen molar-refractivity contribution in [3.05, 3.63) is 39.7 Å². The summed E-state index contributed by atoms with van der Waals surface area (Å²) in [4.78, 5) is 35.3. The summed E-state index contributed by atoms with van der Waals surface area (Å²) in [5.74, 6) is -1.07. The van der Waals surface area contributed by atoms with Crippen LogP contribution in [0.5, 0.6) is 11.5 Å². The molecular formula is C22H25N5O4. The molecule has 2 aliphatic heterocycles. The third-order valence-electron chi connectivity index (χ3n) is 5.98. The Kier molecular flexibility index (Phi) is 5.55. The highest BCUT2D eigenvalue weighted by Gasteiger charge is 2.40. The van der Waals surface area contributed by atoms with Gasteiger partial charge < -0.3 is 20.1 Å². The molecule has 1 fully saturated rings. The molecule has 3 N–H and O–H groups in total. The molecule has 9 nitrogen and oxygen atoms in total. The molecule has 3 heterocycles. The van der Waals surface area contributed by atoms with Gasteiger partial charge >= 0.3 is 0 Å². The van der Waals surface area contributed by atoms with E-state index in [0.717, 1.165) is 25.9 Å². The Morgan fingerprint density at radius 1 is 1.32 bits per heavy atom. The maximum Gasteiger partial charge on any atom is 0.258 e. The number of phenols is 1. The maximum absolute atomic E-state index is 13.2. The van der Waals surface area contributed by atoms with Gasteiger partial charge in [-0.1, -0.05) is 13.0 Å². The summed E-state index contributed by atoms with van der Waals surface area (Å²) in [7, 11) is 0. The minimum Gasteiger partial charge on any atom is -0.504 e. The number of piperidine rings is 1. The van der Waals surface area contributed by atoms with Crippen LogP contribution >= 0.6 is 0 Å². The molecule has 2 aromatic rings. The van der Waals surface area contributed by atoms with E-state index in [0.29, 0.717) is 24.0 Å². The second kappa shape index (κ2) is 8.30. The minimum absolute atomic E-state index is 0.0544. The Balaban J connectivity index is 1.81. The van der Waals surface area contributed by atoms with E-state index in [2.05, 4.69) is 22.2 Å². The number of H-pyrrole nitrogens is 1. The van der Waals surface area contributed by atoms with Gasteiger partial charge in [-0.25, -0.2) is 0 Å². The molecule has 162 valence electrons. The summed E-state index contributed by atoms with van der Waals surface area (Å²) in [6.07, 6.45) is 2.00. The van der Waals surface area contributed by atoms with Gasteiger partial charge in [-0.05, 0) is 43.4 Å². The number of phenolic OH excluding ortho intramolecular Hbond substituents is 1. The lowest BCUT2D eigenvalue weighted by Gasteiger charge is -2.33. The Morgan fingerprint density at radius 2 is 2.06 bits per heavy atom. The lowest BCUT2D eigenvalue weighted by atomic mass is 9.79. The van der Waals surface area contributed by atoms with Crippen LogP contribution < -0.4 is 20.5 Å². The summed E-state index contributed by atoms with van der Waals surface area (Å²) < 4.78 is 5.45. The van der Waals surface area contributed by atoms with Crippen LogP contribution in [0.3, 0.4) is 0 Å². The summed E-state index contributed by atoms with van der Waals surface area (Å²) in [5.41, 5.74) is 0.360. The van der Waals surface area contributed by atoms with E-state index in [1.165, 1.54) is 6.07 Å². The molecule has 1 saturated heterocycles. The number of carbonyl (C=O) groups excluding carboxylic acids is 1. The van der Waals surface area contributed by atoms with E-state index in [1.807, 2.05) is 11.0 Å². The highest BCUT2D eigenvalue weighted by molar-refractivity contribution is 5.98. The average molecular weight is 423 g/mol. The molecule has 9 heteroatoms. The quantitative estimate of drug-likeness (QED) is 0.688. The van der Waals surface area contributed by atoms with Gasteiger partial charge in [0, 0.05) is 19.0 Å². The van der Waals surface area contributed by atoms with Gasteiger partial charge in [0.05, 0.1) is 18.2 Å². The lowest BCUT2D eigenvalue weighted by molar-refractivity contribution is -0.119. The average Bonchev–Trinajstić information content (AvgIpc) is 2.75. The standard InChI is InChI=1S/C22H25N5O4/c1-3-31-16-10-13(4-5-15(16)28)17-14(11-23)20(29)24-19-18(17)21(30)26-22(25-19)27-8-6-12(2)7-9-27/h4-5,10,12,14,17,28H,3,6-9H2,1-2H3,(H2,24,25,26,29,30). The van der Waals surface area contributed by atoms with Gasteiger partial charge in [0.25, 0.3) is 5.56 Å². The van der Waals surface area contributed by atoms with Crippen molar-refractivity contribution in [1.82, 2.24) is 9.97 Å². The molecule has 1 amide bonds. The lowest BCUT2D eigenvalue weighted by Crippen LogP contribution is -2.40. The number of nitriles is 1. The molecule has 1 aromatic heterocycles. The van der Waals surface area contributed by atoms with Crippen molar-refractivity contribution >= 4 is 17.7 Å². The number of anilines is 2. The second-order valence-corrected chi connectivity index (χ2v) is 8.06. The predicted molar refractivity (Wildman–Crippen MR) is 114 cm³/mol. The number of carbonyl (C=O) groups is 1. The molecule has 2 aliphatic rings. The van der Waals surface area contributed by atoms with Crippen molar-refractivity contribution in [3.63, 3.8) is 0 Å². The Bertz CT molecular complexity index is 1100. The van der Waals surface area contributed by atoms with Crippen LogP contribution in [0.2, 0.25) is 0 Å². The molecule has 2 atom stereocenters. The Hall–Kier alpha value is -3.54. The summed E-state index contributed by atoms with van der Waals surface area (Å²) >= 11 is 0. The molecule has 2 unspecified atom stereocenters. The van der Waals surface area contributed by atoms with Crippen molar-refractivity contribution in [2.24, 2.45) is 11.8 Å². The number of benzene rings is 1. The highest BCUT2D eigenvalue weighted by atomic mass is 16.5. The van der Waals surface area contributed by atoms with E-state index in [9.17, 15) is 20.0 Å². The number of aromatic amines is 1. The molecule has 0 saturated carbocycles. The van der Waals surface area contributed by atoms with Crippen molar-refractivity contribution in [1.29, 1.82) is 5.26 Å². The number of fused-ring (bicyclic) bond motifs is 1. The minimum atomic E-state index is -1.11. The monoisotopic (exact) mass is 423 g/mol. The molecule has 1 aromatic carbocycles. The molecule has 0 radical (unpaired) electrons. The summed E-state index contributed by atoms with van der Waals surface area (Å²) in [5, 5.41) is 22.4. The van der Waals surface area contributed by atoms with Crippen LogP contribution in [0, 0.1) is 23.2 Å². The Morgan fingerprint density at radius 3 is 2.74 bits per heavy atom. The maximum atomic E-state index is 13.2. The van der Waals surface area contributed by atoms with Crippen LogP contribution in [0.25, 0.3) is 0 Å². The number of ether oxygens (including phenoxy) is 1. The summed E-state index contributed by atoms with van der Waals surface area (Å²) in [6, 6.07) is 6.61. The topological polar surface area (TPSA) is 131 Å². The number of nitrogens with one attached hydrogen (secondary N) is 2. The fourth-order valence-corrected chi connectivity index (χ4v) is 4.22. The number of rotatable bonds is 4. The summed E-state index contributed by atoms with van der Waals surface area (Å²) in [6.45, 7) is 5.86. The SMILES string of the molecule is CCOc1cc(C2c3c(nc(N4CCC(C)CC4)[nH]c3=O)NC(=O)C2C#N)ccc1O. The predicted octanol–water partition coefficient (Wildman–Crippen LogP) is 2.33. The highest BCUT2D eigenvalue weighted by Crippen LogP contribution is 2.41. The van der Waals surface area contributed by atoms with Crippen molar-refractivity contribution in [3.8, 4) is 17.6 Å². The molecule has 31 heavy (non-hydrogen) atoms. The fourth-order valence-electron chi connectivity index (χ4n) is 4.22. The van der Waals surface area contributed by atoms with Crippen LogP contribution in [-0.4, -0.2) is 40.7 Å². The molecule has 0 spiro atoms. The first-order valence-corrected chi connectivity index (χ1v) is 10.5. The van der Waals surface area contributed by atoms with Crippen molar-refractivity contribution < 1.29 is 14.6 Å². The van der Waals surface area contributed by atoms with Gasteiger partial charge in [0.15, 0.2) is 11.5 Å². The zero-order chi connectivity index (χ0) is 22.1. The molecule has 0 bridgehead atoms. The molecule has 0 aliphatic carbocycles. The first-order chi connectivity index (χ1) is 14.9. The van der Waals surface area contributed by atoms with Crippen LogP contribution in [0.1, 0.15) is 43.7 Å². The first-order valence-electron chi connectivity index (χ1n) is 10.5. The molecule has 4 rings (SSSR count). The smallest absolute Gasteiger partial charge is 0.258 e. The van der Waals surface area contributed by atoms with Crippen molar-refractivity contribution in [2.45, 2.75) is 32.6 Å². The zero-order valence-electron chi connectivity index (χ0n) is 17.5. The largest absolute Gasteiger partial charge is 0.504 e. The van der Waals surface area contributed by atoms with Gasteiger partial charge in [0.2, 0.25) is 11.9 Å². The van der Waals surface area contributed by atoms with Crippen LogP contribution in [-0.2, 0) is 4.79 Å². The molecular weight excluding hydrogens is 398 g/mol. The van der Waals surface area contributed by atoms with Crippen LogP contribution in [0.4, 0.5) is 11.8 Å². The van der Waals surface area contributed by atoms with E-state index < -0.39 is 23.3 Å². The van der Waals surface area contributed by atoms with Gasteiger partial charge in [-0.15, -0.1) is 0 Å². The van der Waals surface area contributed by atoms with Gasteiger partial charge in [-0.2, -0.15) is 10.2 Å². The fraction of sp³-hybridized carbons (Fsp3) is 0.455. The normalized spacial score (nSPS) is 21.2. The van der Waals surface area contributed by atoms with Crippen molar-refractivity contribution in [2.75, 3.05) is 29.9 Å². The number of hydrogen-bond acceptors (Lipinski definition) is 7.